The fourth-order valence-corrected chi connectivity index (χ4v) is 2.94. The van der Waals surface area contributed by atoms with Crippen LogP contribution in [0, 0.1) is 0 Å². The van der Waals surface area contributed by atoms with E-state index in [2.05, 4.69) is 49.4 Å². The van der Waals surface area contributed by atoms with E-state index in [9.17, 15) is 4.79 Å². The van der Waals surface area contributed by atoms with E-state index in [0.29, 0.717) is 5.89 Å². The van der Waals surface area contributed by atoms with Gasteiger partial charge in [-0.15, -0.1) is 10.2 Å². The van der Waals surface area contributed by atoms with E-state index < -0.39 is 20.5 Å². The maximum absolute atomic E-state index is 12.2. The smallest absolute Gasteiger partial charge is 0.408 e. The fourth-order valence-electron chi connectivity index (χ4n) is 1.92. The van der Waals surface area contributed by atoms with Crippen LogP contribution in [-0.2, 0) is 15.8 Å². The van der Waals surface area contributed by atoms with Gasteiger partial charge in [0, 0.05) is 0 Å². The maximum Gasteiger partial charge on any atom is 0.408 e. The van der Waals surface area contributed by atoms with Crippen molar-refractivity contribution in [1.29, 1.82) is 0 Å². The zero-order valence-electron chi connectivity index (χ0n) is 16.0. The molecule has 1 aromatic heterocycles. The van der Waals surface area contributed by atoms with E-state index in [-0.39, 0.29) is 18.3 Å². The standard InChI is InChI=1S/C18H27N3O4Si/c1-18(2,3)26(4,5)25-12-15(16-21-19-13-24-16)20-17(22)23-11-14-9-7-6-8-10-14/h6-10,13,15H,11-12H2,1-5H3,(H,20,22)/t15-/m0/s1. The van der Waals surface area contributed by atoms with Gasteiger partial charge in [0.1, 0.15) is 12.6 Å². The monoisotopic (exact) mass is 377 g/mol. The summed E-state index contributed by atoms with van der Waals surface area (Å²) in [5.74, 6) is 0.292. The predicted octanol–water partition coefficient (Wildman–Crippen LogP) is 4.06. The average molecular weight is 378 g/mol. The molecule has 0 saturated carbocycles. The number of hydrogen-bond donors (Lipinski definition) is 1. The molecule has 1 atom stereocenters. The Bertz CT molecular complexity index is 684. The number of amides is 1. The van der Waals surface area contributed by atoms with Crippen LogP contribution in [0.2, 0.25) is 18.1 Å². The van der Waals surface area contributed by atoms with Crippen molar-refractivity contribution in [2.24, 2.45) is 0 Å². The summed E-state index contributed by atoms with van der Waals surface area (Å²) in [6.45, 7) is 11.2. The maximum atomic E-state index is 12.2. The van der Waals surface area contributed by atoms with Crippen LogP contribution in [-0.4, -0.2) is 31.2 Å². The van der Waals surface area contributed by atoms with E-state index in [4.69, 9.17) is 13.6 Å². The number of carbonyl (C=O) groups is 1. The van der Waals surface area contributed by atoms with Gasteiger partial charge < -0.3 is 18.9 Å². The zero-order chi connectivity index (χ0) is 19.2. The van der Waals surface area contributed by atoms with Gasteiger partial charge in [-0.1, -0.05) is 51.1 Å². The first-order valence-corrected chi connectivity index (χ1v) is 11.5. The number of hydrogen-bond acceptors (Lipinski definition) is 6. The Balaban J connectivity index is 1.96. The second-order valence-corrected chi connectivity index (χ2v) is 12.4. The van der Waals surface area contributed by atoms with Crippen molar-refractivity contribution in [3.05, 3.63) is 48.2 Å². The summed E-state index contributed by atoms with van der Waals surface area (Å²) in [6.07, 6.45) is 0.668. The second kappa shape index (κ2) is 8.46. The first kappa shape index (κ1) is 20.1. The molecule has 26 heavy (non-hydrogen) atoms. The van der Waals surface area contributed by atoms with Gasteiger partial charge >= 0.3 is 6.09 Å². The van der Waals surface area contributed by atoms with Crippen molar-refractivity contribution in [3.63, 3.8) is 0 Å². The minimum Gasteiger partial charge on any atom is -0.445 e. The zero-order valence-corrected chi connectivity index (χ0v) is 17.0. The number of rotatable bonds is 7. The molecule has 8 heteroatoms. The molecule has 0 saturated heterocycles. The molecule has 1 aromatic carbocycles. The quantitative estimate of drug-likeness (QED) is 0.732. The topological polar surface area (TPSA) is 86.5 Å². The van der Waals surface area contributed by atoms with Crippen molar-refractivity contribution in [2.45, 2.75) is 51.6 Å². The summed E-state index contributed by atoms with van der Waals surface area (Å²) < 4.78 is 16.7. The number of nitrogens with one attached hydrogen (secondary N) is 1. The van der Waals surface area contributed by atoms with Crippen molar-refractivity contribution < 1.29 is 18.4 Å². The lowest BCUT2D eigenvalue weighted by Gasteiger charge is -2.36. The highest BCUT2D eigenvalue weighted by Gasteiger charge is 2.38. The highest BCUT2D eigenvalue weighted by Crippen LogP contribution is 2.37. The highest BCUT2D eigenvalue weighted by atomic mass is 28.4. The minimum absolute atomic E-state index is 0.0558. The van der Waals surface area contributed by atoms with Crippen LogP contribution in [0.25, 0.3) is 0 Å². The molecule has 0 radical (unpaired) electrons. The molecule has 0 aliphatic carbocycles. The van der Waals surface area contributed by atoms with Crippen LogP contribution in [0.1, 0.15) is 38.3 Å². The Morgan fingerprint density at radius 1 is 1.27 bits per heavy atom. The summed E-state index contributed by atoms with van der Waals surface area (Å²) in [5.41, 5.74) is 0.912. The summed E-state index contributed by atoms with van der Waals surface area (Å²) in [4.78, 5) is 12.2. The molecular weight excluding hydrogens is 350 g/mol. The third-order valence-electron chi connectivity index (χ3n) is 4.60. The Morgan fingerprint density at radius 3 is 2.54 bits per heavy atom. The molecule has 1 N–H and O–H groups in total. The summed E-state index contributed by atoms with van der Waals surface area (Å²) in [7, 11) is -1.98. The summed E-state index contributed by atoms with van der Waals surface area (Å²) in [6, 6.07) is 8.92. The lowest BCUT2D eigenvalue weighted by molar-refractivity contribution is 0.126. The number of alkyl carbamates (subject to hydrolysis) is 1. The van der Waals surface area contributed by atoms with Crippen LogP contribution in [0.5, 0.6) is 0 Å². The lowest BCUT2D eigenvalue weighted by atomic mass is 10.2. The number of nitrogens with zero attached hydrogens (tertiary/aromatic N) is 2. The molecule has 1 amide bonds. The van der Waals surface area contributed by atoms with Crippen molar-refractivity contribution >= 4 is 14.4 Å². The van der Waals surface area contributed by atoms with E-state index >= 15 is 0 Å². The lowest BCUT2D eigenvalue weighted by Crippen LogP contribution is -2.43. The van der Waals surface area contributed by atoms with Crippen LogP contribution in [0.3, 0.4) is 0 Å². The predicted molar refractivity (Wildman–Crippen MR) is 100.0 cm³/mol. The van der Waals surface area contributed by atoms with Crippen molar-refractivity contribution in [2.75, 3.05) is 6.61 Å². The van der Waals surface area contributed by atoms with Gasteiger partial charge in [0.05, 0.1) is 6.61 Å². The number of benzene rings is 1. The molecule has 142 valence electrons. The normalized spacial score (nSPS) is 13.3. The van der Waals surface area contributed by atoms with Gasteiger partial charge in [-0.05, 0) is 23.7 Å². The van der Waals surface area contributed by atoms with Gasteiger partial charge in [0.2, 0.25) is 12.3 Å². The van der Waals surface area contributed by atoms with E-state index in [1.807, 2.05) is 30.3 Å². The Labute approximate surface area is 155 Å². The molecule has 0 unspecified atom stereocenters. The molecule has 0 aliphatic rings. The number of carbonyl (C=O) groups excluding carboxylic acids is 1. The molecule has 1 heterocycles. The average Bonchev–Trinajstić information content (AvgIpc) is 3.11. The molecular formula is C18H27N3O4Si. The largest absolute Gasteiger partial charge is 0.445 e. The first-order chi connectivity index (χ1) is 12.2. The first-order valence-electron chi connectivity index (χ1n) is 8.56. The summed E-state index contributed by atoms with van der Waals surface area (Å²) >= 11 is 0. The van der Waals surface area contributed by atoms with Crippen LogP contribution < -0.4 is 5.32 Å². The van der Waals surface area contributed by atoms with Crippen LogP contribution >= 0.6 is 0 Å². The fraction of sp³-hybridized carbons (Fsp3) is 0.500. The SMILES string of the molecule is CC(C)(C)[Si](C)(C)OC[C@H](NC(=O)OCc1ccccc1)c1nnco1. The third kappa shape index (κ3) is 5.67. The second-order valence-electron chi connectivity index (χ2n) is 7.61. The van der Waals surface area contributed by atoms with E-state index in [0.717, 1.165) is 5.56 Å². The summed E-state index contributed by atoms with van der Waals surface area (Å²) in [5, 5.41) is 10.4. The van der Waals surface area contributed by atoms with Crippen molar-refractivity contribution in [1.82, 2.24) is 15.5 Å². The number of ether oxygens (including phenoxy) is 1. The van der Waals surface area contributed by atoms with Gasteiger partial charge in [-0.2, -0.15) is 0 Å². The van der Waals surface area contributed by atoms with E-state index in [1.165, 1.54) is 6.39 Å². The molecule has 0 aliphatic heterocycles. The van der Waals surface area contributed by atoms with Crippen LogP contribution in [0.4, 0.5) is 4.79 Å². The molecule has 0 fully saturated rings. The Morgan fingerprint density at radius 2 is 1.96 bits per heavy atom. The van der Waals surface area contributed by atoms with Crippen molar-refractivity contribution in [3.8, 4) is 0 Å². The van der Waals surface area contributed by atoms with Crippen LogP contribution in [0.15, 0.2) is 41.1 Å². The van der Waals surface area contributed by atoms with Gasteiger partial charge in [-0.25, -0.2) is 4.79 Å². The third-order valence-corrected chi connectivity index (χ3v) is 9.10. The van der Waals surface area contributed by atoms with Gasteiger partial charge in [0.25, 0.3) is 0 Å². The highest BCUT2D eigenvalue weighted by molar-refractivity contribution is 6.74. The molecule has 2 rings (SSSR count). The van der Waals surface area contributed by atoms with E-state index in [1.54, 1.807) is 0 Å². The molecule has 0 spiro atoms. The molecule has 7 nitrogen and oxygen atoms in total. The Hall–Kier alpha value is -2.19. The van der Waals surface area contributed by atoms with Gasteiger partial charge in [-0.3, -0.25) is 0 Å². The number of aromatic nitrogens is 2. The van der Waals surface area contributed by atoms with Gasteiger partial charge in [0.15, 0.2) is 8.32 Å². The minimum atomic E-state index is -1.98. The molecule has 0 bridgehead atoms. The Kier molecular flexibility index (Phi) is 6.55. The molecule has 2 aromatic rings.